The minimum absolute atomic E-state index is 0.493. The number of hydrogen-bond acceptors (Lipinski definition) is 2. The van der Waals surface area contributed by atoms with E-state index in [0.29, 0.717) is 6.04 Å². The van der Waals surface area contributed by atoms with E-state index in [-0.39, 0.29) is 0 Å². The number of hydrogen-bond donors (Lipinski definition) is 1. The highest BCUT2D eigenvalue weighted by Crippen LogP contribution is 2.23. The first-order valence-corrected chi connectivity index (χ1v) is 8.30. The van der Waals surface area contributed by atoms with Crippen LogP contribution >= 0.6 is 0 Å². The summed E-state index contributed by atoms with van der Waals surface area (Å²) in [6, 6.07) is 12.2. The third-order valence-corrected chi connectivity index (χ3v) is 4.62. The van der Waals surface area contributed by atoms with E-state index in [1.807, 2.05) is 0 Å². The average molecular weight is 274 g/mol. The molecular weight excluding hydrogens is 244 g/mol. The van der Waals surface area contributed by atoms with Crippen molar-refractivity contribution in [2.24, 2.45) is 0 Å². The lowest BCUT2D eigenvalue weighted by molar-refractivity contribution is 0.183. The van der Waals surface area contributed by atoms with Crippen LogP contribution in [0, 0.1) is 0 Å². The Morgan fingerprint density at radius 3 is 2.50 bits per heavy atom. The van der Waals surface area contributed by atoms with E-state index in [0.717, 1.165) is 12.6 Å². The van der Waals surface area contributed by atoms with Gasteiger partial charge >= 0.3 is 0 Å². The number of nitrogens with one attached hydrogen (secondary N) is 1. The molecule has 0 aromatic heterocycles. The van der Waals surface area contributed by atoms with Crippen LogP contribution in [-0.2, 0) is 0 Å². The molecule has 1 unspecified atom stereocenters. The maximum atomic E-state index is 3.63. The van der Waals surface area contributed by atoms with Crippen LogP contribution in [0.5, 0.6) is 0 Å². The third-order valence-electron chi connectivity index (χ3n) is 4.62. The lowest BCUT2D eigenvalue weighted by Gasteiger charge is -2.32. The van der Waals surface area contributed by atoms with Gasteiger partial charge < -0.3 is 10.2 Å². The quantitative estimate of drug-likeness (QED) is 0.808. The van der Waals surface area contributed by atoms with Crippen molar-refractivity contribution in [1.82, 2.24) is 10.2 Å². The summed E-state index contributed by atoms with van der Waals surface area (Å²) in [7, 11) is 2.31. The molecule has 2 nitrogen and oxygen atoms in total. The predicted molar refractivity (Wildman–Crippen MR) is 87.0 cm³/mol. The molecule has 1 fully saturated rings. The van der Waals surface area contributed by atoms with E-state index in [1.165, 1.54) is 50.6 Å². The Kier molecular flexibility index (Phi) is 6.55. The molecule has 1 aliphatic carbocycles. The van der Waals surface area contributed by atoms with E-state index in [4.69, 9.17) is 0 Å². The maximum Gasteiger partial charge on any atom is 0.0332 e. The predicted octanol–water partition coefficient (Wildman–Crippen LogP) is 3.99. The molecule has 112 valence electrons. The van der Waals surface area contributed by atoms with Gasteiger partial charge in [-0.05, 0) is 45.0 Å². The van der Waals surface area contributed by atoms with Crippen molar-refractivity contribution in [2.45, 2.75) is 57.5 Å². The Bertz CT molecular complexity index is 357. The number of rotatable bonds is 7. The van der Waals surface area contributed by atoms with Crippen LogP contribution in [0.3, 0.4) is 0 Å². The van der Waals surface area contributed by atoms with Crippen LogP contribution in [0.15, 0.2) is 30.3 Å². The maximum absolute atomic E-state index is 3.63. The van der Waals surface area contributed by atoms with Crippen LogP contribution in [0.2, 0.25) is 0 Å². The van der Waals surface area contributed by atoms with Gasteiger partial charge in [-0.2, -0.15) is 0 Å². The van der Waals surface area contributed by atoms with Crippen molar-refractivity contribution in [3.63, 3.8) is 0 Å². The van der Waals surface area contributed by atoms with Gasteiger partial charge in [0.1, 0.15) is 0 Å². The monoisotopic (exact) mass is 274 g/mol. The van der Waals surface area contributed by atoms with Crippen molar-refractivity contribution < 1.29 is 0 Å². The van der Waals surface area contributed by atoms with E-state index in [9.17, 15) is 0 Å². The molecule has 2 rings (SSSR count). The molecule has 2 heteroatoms. The van der Waals surface area contributed by atoms with E-state index in [1.54, 1.807) is 0 Å². The van der Waals surface area contributed by atoms with Crippen molar-refractivity contribution in [3.05, 3.63) is 35.9 Å². The lowest BCUT2D eigenvalue weighted by atomic mass is 9.94. The first-order valence-electron chi connectivity index (χ1n) is 8.30. The molecule has 1 atom stereocenters. The standard InChI is InChI=1S/C18H30N2/c1-3-19-18(16-10-6-4-7-11-16)14-15-20(2)17-12-8-5-9-13-17/h4,6-7,10-11,17-19H,3,5,8-9,12-15H2,1-2H3. The SMILES string of the molecule is CCNC(CCN(C)C1CCCCC1)c1ccccc1. The van der Waals surface area contributed by atoms with Crippen LogP contribution in [0.25, 0.3) is 0 Å². The first kappa shape index (κ1) is 15.5. The second-order valence-electron chi connectivity index (χ2n) is 6.08. The normalized spacial score (nSPS) is 18.4. The molecule has 0 saturated heterocycles. The van der Waals surface area contributed by atoms with Gasteiger partial charge in [0.2, 0.25) is 0 Å². The fraction of sp³-hybridized carbons (Fsp3) is 0.667. The molecule has 0 heterocycles. The average Bonchev–Trinajstić information content (AvgIpc) is 2.53. The molecule has 20 heavy (non-hydrogen) atoms. The van der Waals surface area contributed by atoms with Crippen LogP contribution < -0.4 is 5.32 Å². The fourth-order valence-electron chi connectivity index (χ4n) is 3.36. The highest BCUT2D eigenvalue weighted by molar-refractivity contribution is 5.18. The molecule has 0 radical (unpaired) electrons. The molecule has 1 saturated carbocycles. The zero-order valence-corrected chi connectivity index (χ0v) is 13.1. The van der Waals surface area contributed by atoms with E-state index < -0.39 is 0 Å². The first-order chi connectivity index (χ1) is 9.81. The van der Waals surface area contributed by atoms with Crippen molar-refractivity contribution in [3.8, 4) is 0 Å². The highest BCUT2D eigenvalue weighted by atomic mass is 15.1. The third kappa shape index (κ3) is 4.60. The highest BCUT2D eigenvalue weighted by Gasteiger charge is 2.19. The van der Waals surface area contributed by atoms with Crippen LogP contribution in [0.1, 0.15) is 57.1 Å². The number of benzene rings is 1. The summed E-state index contributed by atoms with van der Waals surface area (Å²) in [5.41, 5.74) is 1.42. The Morgan fingerprint density at radius 2 is 1.85 bits per heavy atom. The zero-order valence-electron chi connectivity index (χ0n) is 13.1. The van der Waals surface area contributed by atoms with Gasteiger partial charge in [0, 0.05) is 12.1 Å². The van der Waals surface area contributed by atoms with Gasteiger partial charge in [0.15, 0.2) is 0 Å². The summed E-state index contributed by atoms with van der Waals surface area (Å²) in [5, 5.41) is 3.63. The van der Waals surface area contributed by atoms with E-state index >= 15 is 0 Å². The second kappa shape index (κ2) is 8.43. The molecule has 0 amide bonds. The molecule has 1 aromatic rings. The Balaban J connectivity index is 1.85. The Hall–Kier alpha value is -0.860. The van der Waals surface area contributed by atoms with Crippen molar-refractivity contribution in [1.29, 1.82) is 0 Å². The Morgan fingerprint density at radius 1 is 1.15 bits per heavy atom. The summed E-state index contributed by atoms with van der Waals surface area (Å²) in [5.74, 6) is 0. The summed E-state index contributed by atoms with van der Waals surface area (Å²) in [6.07, 6.45) is 8.27. The molecule has 1 N–H and O–H groups in total. The minimum Gasteiger partial charge on any atom is -0.310 e. The zero-order chi connectivity index (χ0) is 14.2. The van der Waals surface area contributed by atoms with Gasteiger partial charge in [-0.25, -0.2) is 0 Å². The van der Waals surface area contributed by atoms with Crippen LogP contribution in [-0.4, -0.2) is 31.1 Å². The van der Waals surface area contributed by atoms with Gasteiger partial charge in [-0.3, -0.25) is 0 Å². The topological polar surface area (TPSA) is 15.3 Å². The smallest absolute Gasteiger partial charge is 0.0332 e. The van der Waals surface area contributed by atoms with E-state index in [2.05, 4.69) is 54.5 Å². The summed E-state index contributed by atoms with van der Waals surface area (Å²) in [4.78, 5) is 2.59. The molecule has 0 aliphatic heterocycles. The molecular formula is C18H30N2. The van der Waals surface area contributed by atoms with Gasteiger partial charge in [0.05, 0.1) is 0 Å². The molecule has 1 aromatic carbocycles. The summed E-state index contributed by atoms with van der Waals surface area (Å²) in [6.45, 7) is 4.42. The van der Waals surface area contributed by atoms with Gasteiger partial charge in [-0.15, -0.1) is 0 Å². The Labute approximate surface area is 124 Å². The fourth-order valence-corrected chi connectivity index (χ4v) is 3.36. The molecule has 0 spiro atoms. The summed E-state index contributed by atoms with van der Waals surface area (Å²) >= 11 is 0. The van der Waals surface area contributed by atoms with Gasteiger partial charge in [0.25, 0.3) is 0 Å². The van der Waals surface area contributed by atoms with Crippen molar-refractivity contribution in [2.75, 3.05) is 20.1 Å². The second-order valence-corrected chi connectivity index (χ2v) is 6.08. The molecule has 1 aliphatic rings. The van der Waals surface area contributed by atoms with Crippen LogP contribution in [0.4, 0.5) is 0 Å². The van der Waals surface area contributed by atoms with Crippen molar-refractivity contribution >= 4 is 0 Å². The molecule has 0 bridgehead atoms. The minimum atomic E-state index is 0.493. The summed E-state index contributed by atoms with van der Waals surface area (Å²) < 4.78 is 0. The number of nitrogens with zero attached hydrogens (tertiary/aromatic N) is 1. The lowest BCUT2D eigenvalue weighted by Crippen LogP contribution is -2.36. The van der Waals surface area contributed by atoms with Gasteiger partial charge in [-0.1, -0.05) is 56.5 Å². The largest absolute Gasteiger partial charge is 0.310 e.